The van der Waals surface area contributed by atoms with Gasteiger partial charge in [-0.15, -0.1) is 11.3 Å². The van der Waals surface area contributed by atoms with Crippen LogP contribution in [0.3, 0.4) is 0 Å². The van der Waals surface area contributed by atoms with Crippen LogP contribution < -0.4 is 10.2 Å². The Morgan fingerprint density at radius 1 is 1.14 bits per heavy atom. The zero-order valence-electron chi connectivity index (χ0n) is 17.3. The second-order valence-electron chi connectivity index (χ2n) is 8.49. The summed E-state index contributed by atoms with van der Waals surface area (Å²) in [5.74, 6) is 2.81. The summed E-state index contributed by atoms with van der Waals surface area (Å²) in [5.41, 5.74) is 3.99. The number of nitrogens with zero attached hydrogens (tertiary/aromatic N) is 4. The lowest BCUT2D eigenvalue weighted by atomic mass is 9.90. The van der Waals surface area contributed by atoms with Crippen molar-refractivity contribution in [3.63, 3.8) is 0 Å². The highest BCUT2D eigenvalue weighted by atomic mass is 32.1. The number of rotatable bonds is 5. The van der Waals surface area contributed by atoms with Crippen molar-refractivity contribution < 1.29 is 4.74 Å². The van der Waals surface area contributed by atoms with Gasteiger partial charge in [0, 0.05) is 25.0 Å². The van der Waals surface area contributed by atoms with E-state index in [4.69, 9.17) is 14.7 Å². The van der Waals surface area contributed by atoms with Gasteiger partial charge in [-0.3, -0.25) is 0 Å². The number of nitrogens with one attached hydrogen (secondary N) is 1. The molecule has 1 saturated heterocycles. The first-order valence-electron chi connectivity index (χ1n) is 10.9. The summed E-state index contributed by atoms with van der Waals surface area (Å²) in [7, 11) is 0. The van der Waals surface area contributed by atoms with Crippen molar-refractivity contribution in [3.05, 3.63) is 17.5 Å². The molecule has 0 aromatic carbocycles. The third-order valence-corrected chi connectivity index (χ3v) is 7.10. The van der Waals surface area contributed by atoms with Crippen molar-refractivity contribution in [1.82, 2.24) is 15.0 Å². The van der Waals surface area contributed by atoms with Crippen LogP contribution in [-0.4, -0.2) is 47.8 Å². The van der Waals surface area contributed by atoms with E-state index in [9.17, 15) is 0 Å². The monoisotopic (exact) mass is 411 g/mol. The van der Waals surface area contributed by atoms with Gasteiger partial charge in [0.2, 0.25) is 0 Å². The van der Waals surface area contributed by atoms with Gasteiger partial charge < -0.3 is 15.0 Å². The van der Waals surface area contributed by atoms with Crippen molar-refractivity contribution in [2.24, 2.45) is 5.92 Å². The van der Waals surface area contributed by atoms with Crippen LogP contribution in [0.15, 0.2) is 6.33 Å². The molecule has 0 unspecified atom stereocenters. The Labute approximate surface area is 175 Å². The van der Waals surface area contributed by atoms with Crippen LogP contribution in [0.5, 0.6) is 0 Å². The highest BCUT2D eigenvalue weighted by molar-refractivity contribution is 7.26. The van der Waals surface area contributed by atoms with Crippen molar-refractivity contribution in [2.75, 3.05) is 43.1 Å². The Morgan fingerprint density at radius 3 is 2.72 bits per heavy atom. The maximum Gasteiger partial charge on any atom is 0.147 e. The molecule has 3 aromatic heterocycles. The first-order chi connectivity index (χ1) is 14.2. The molecule has 1 aliphatic carbocycles. The highest BCUT2D eigenvalue weighted by Gasteiger charge is 2.26. The quantitative estimate of drug-likeness (QED) is 0.671. The summed E-state index contributed by atoms with van der Waals surface area (Å²) in [6.07, 6.45) is 7.57. The number of anilines is 2. The lowest BCUT2D eigenvalue weighted by Crippen LogP contribution is -2.37. The molecular formula is C22H29N5OS. The first kappa shape index (κ1) is 19.0. The molecule has 29 heavy (non-hydrogen) atoms. The van der Waals surface area contributed by atoms with Gasteiger partial charge in [0.05, 0.1) is 23.4 Å². The number of ether oxygens (including phenoxy) is 1. The van der Waals surface area contributed by atoms with Gasteiger partial charge in [-0.05, 0) is 49.1 Å². The van der Waals surface area contributed by atoms with E-state index in [1.807, 2.05) is 0 Å². The topological polar surface area (TPSA) is 63.2 Å². The summed E-state index contributed by atoms with van der Waals surface area (Å²) < 4.78 is 6.72. The molecule has 0 spiro atoms. The average Bonchev–Trinajstić information content (AvgIpc) is 3.13. The Balaban J connectivity index is 1.64. The molecule has 5 rings (SSSR count). The second-order valence-corrected chi connectivity index (χ2v) is 9.49. The molecule has 0 bridgehead atoms. The number of hydrogen-bond donors (Lipinski definition) is 1. The molecule has 2 aliphatic rings. The van der Waals surface area contributed by atoms with Crippen LogP contribution >= 0.6 is 11.3 Å². The lowest BCUT2D eigenvalue weighted by molar-refractivity contribution is 0.122. The number of thiophene rings is 1. The normalized spacial score (nSPS) is 17.3. The van der Waals surface area contributed by atoms with Crippen LogP contribution in [0.25, 0.3) is 20.4 Å². The third kappa shape index (κ3) is 3.55. The average molecular weight is 412 g/mol. The Morgan fingerprint density at radius 2 is 1.93 bits per heavy atom. The standard InChI is InChI=1S/C22H29N5OS/c1-14(2)7-8-23-20-19-18(24-13-25-20)17-15-5-3-4-6-16(15)21(26-22(17)29-19)27-9-11-28-12-10-27/h13-14H,3-12H2,1-2H3,(H,23,24,25). The Hall–Kier alpha value is -1.99. The van der Waals surface area contributed by atoms with E-state index < -0.39 is 0 Å². The number of aryl methyl sites for hydroxylation is 1. The summed E-state index contributed by atoms with van der Waals surface area (Å²) >= 11 is 1.74. The summed E-state index contributed by atoms with van der Waals surface area (Å²) in [4.78, 5) is 18.0. The fraction of sp³-hybridized carbons (Fsp3) is 0.591. The molecule has 1 aliphatic heterocycles. The zero-order chi connectivity index (χ0) is 19.8. The van der Waals surface area contributed by atoms with Crippen LogP contribution in [0.2, 0.25) is 0 Å². The Kier molecular flexibility index (Phi) is 5.26. The van der Waals surface area contributed by atoms with Gasteiger partial charge in [0.1, 0.15) is 22.8 Å². The van der Waals surface area contributed by atoms with Crippen LogP contribution in [0.1, 0.15) is 44.2 Å². The van der Waals surface area contributed by atoms with E-state index in [-0.39, 0.29) is 0 Å². The molecular weight excluding hydrogens is 382 g/mol. The SMILES string of the molecule is CC(C)CCNc1ncnc2c1sc1nc(N3CCOCC3)c3c(c12)CCCC3. The minimum absolute atomic E-state index is 0.673. The molecule has 0 saturated carbocycles. The van der Waals surface area contributed by atoms with E-state index in [0.717, 1.165) is 73.0 Å². The minimum Gasteiger partial charge on any atom is -0.378 e. The molecule has 0 amide bonds. The van der Waals surface area contributed by atoms with Gasteiger partial charge >= 0.3 is 0 Å². The van der Waals surface area contributed by atoms with E-state index in [0.29, 0.717) is 5.92 Å². The molecule has 1 fully saturated rings. The van der Waals surface area contributed by atoms with Gasteiger partial charge in [0.15, 0.2) is 0 Å². The predicted molar refractivity (Wildman–Crippen MR) is 120 cm³/mol. The molecule has 3 aromatic rings. The minimum atomic E-state index is 0.673. The molecule has 4 heterocycles. The third-order valence-electron chi connectivity index (χ3n) is 6.02. The van der Waals surface area contributed by atoms with Gasteiger partial charge in [-0.1, -0.05) is 13.8 Å². The van der Waals surface area contributed by atoms with Crippen molar-refractivity contribution in [3.8, 4) is 0 Å². The van der Waals surface area contributed by atoms with Crippen molar-refractivity contribution in [1.29, 1.82) is 0 Å². The summed E-state index contributed by atoms with van der Waals surface area (Å²) in [5, 5.41) is 4.81. The number of morpholine rings is 1. The molecule has 6 nitrogen and oxygen atoms in total. The van der Waals surface area contributed by atoms with E-state index in [1.165, 1.54) is 35.2 Å². The highest BCUT2D eigenvalue weighted by Crippen LogP contribution is 2.42. The molecule has 7 heteroatoms. The number of hydrogen-bond acceptors (Lipinski definition) is 7. The number of aromatic nitrogens is 3. The van der Waals surface area contributed by atoms with Crippen molar-refractivity contribution in [2.45, 2.75) is 46.0 Å². The Bertz CT molecular complexity index is 1030. The maximum atomic E-state index is 5.58. The second kappa shape index (κ2) is 8.03. The fourth-order valence-corrected chi connectivity index (χ4v) is 5.60. The van der Waals surface area contributed by atoms with Crippen molar-refractivity contribution >= 4 is 43.4 Å². The van der Waals surface area contributed by atoms with E-state index in [2.05, 4.69) is 29.0 Å². The van der Waals surface area contributed by atoms with Crippen LogP contribution in [0.4, 0.5) is 11.6 Å². The number of fused-ring (bicyclic) bond motifs is 5. The first-order valence-corrected chi connectivity index (χ1v) is 11.7. The smallest absolute Gasteiger partial charge is 0.147 e. The van der Waals surface area contributed by atoms with E-state index >= 15 is 0 Å². The van der Waals surface area contributed by atoms with Gasteiger partial charge in [0.25, 0.3) is 0 Å². The van der Waals surface area contributed by atoms with E-state index in [1.54, 1.807) is 17.7 Å². The summed E-state index contributed by atoms with van der Waals surface area (Å²) in [6.45, 7) is 8.87. The molecule has 0 atom stereocenters. The van der Waals surface area contributed by atoms with Crippen LogP contribution in [-0.2, 0) is 17.6 Å². The molecule has 0 radical (unpaired) electrons. The van der Waals surface area contributed by atoms with Gasteiger partial charge in [-0.2, -0.15) is 0 Å². The van der Waals surface area contributed by atoms with Gasteiger partial charge in [-0.25, -0.2) is 15.0 Å². The lowest BCUT2D eigenvalue weighted by Gasteiger charge is -2.31. The molecule has 1 N–H and O–H groups in total. The maximum absolute atomic E-state index is 5.58. The predicted octanol–water partition coefficient (Wildman–Crippen LogP) is 4.41. The molecule has 154 valence electrons. The van der Waals surface area contributed by atoms with Crippen LogP contribution in [0, 0.1) is 5.92 Å². The largest absolute Gasteiger partial charge is 0.378 e. The fourth-order valence-electron chi connectivity index (χ4n) is 4.48. The summed E-state index contributed by atoms with van der Waals surface area (Å²) in [6, 6.07) is 0. The number of pyridine rings is 1. The zero-order valence-corrected chi connectivity index (χ0v) is 18.1.